The molecule has 2 N–H and O–H groups in total. The van der Waals surface area contributed by atoms with Crippen LogP contribution in [0.4, 0.5) is 0 Å². The summed E-state index contributed by atoms with van der Waals surface area (Å²) < 4.78 is 27.4. The zero-order chi connectivity index (χ0) is 14.0. The van der Waals surface area contributed by atoms with Crippen LogP contribution < -0.4 is 5.73 Å². The summed E-state index contributed by atoms with van der Waals surface area (Å²) in [5.74, 6) is 0. The summed E-state index contributed by atoms with van der Waals surface area (Å²) in [6.45, 7) is 0. The number of hydrogen-bond acceptors (Lipinski definition) is 3. The standard InChI is InChI=1S/C13H19BrN2O2S/c1-16(12-6-4-11(15)5-7-12)19(17,18)13-8-2-10(14)3-9-13/h2-3,8-9,11-12H,4-7,15H2,1H3. The van der Waals surface area contributed by atoms with Crippen LogP contribution in [-0.4, -0.2) is 31.9 Å². The Morgan fingerprint density at radius 2 is 1.68 bits per heavy atom. The Kier molecular flexibility index (Phi) is 4.66. The molecule has 106 valence electrons. The molecule has 0 amide bonds. The van der Waals surface area contributed by atoms with Gasteiger partial charge in [0.2, 0.25) is 10.0 Å². The number of benzene rings is 1. The maximum Gasteiger partial charge on any atom is 0.243 e. The molecule has 1 aliphatic carbocycles. The van der Waals surface area contributed by atoms with E-state index in [1.165, 1.54) is 4.31 Å². The minimum atomic E-state index is -3.40. The topological polar surface area (TPSA) is 63.4 Å². The average Bonchev–Trinajstić information content (AvgIpc) is 2.39. The van der Waals surface area contributed by atoms with Gasteiger partial charge in [-0.3, -0.25) is 0 Å². The average molecular weight is 347 g/mol. The van der Waals surface area contributed by atoms with Crippen molar-refractivity contribution in [3.8, 4) is 0 Å². The van der Waals surface area contributed by atoms with Crippen molar-refractivity contribution in [1.82, 2.24) is 4.31 Å². The molecule has 4 nitrogen and oxygen atoms in total. The van der Waals surface area contributed by atoms with E-state index in [4.69, 9.17) is 5.73 Å². The highest BCUT2D eigenvalue weighted by Gasteiger charge is 2.30. The van der Waals surface area contributed by atoms with Crippen LogP contribution in [0, 0.1) is 0 Å². The quantitative estimate of drug-likeness (QED) is 0.913. The third kappa shape index (κ3) is 3.37. The summed E-state index contributed by atoms with van der Waals surface area (Å²) in [4.78, 5) is 0.341. The molecule has 0 aromatic heterocycles. The second kappa shape index (κ2) is 5.91. The normalized spacial score (nSPS) is 24.6. The Bertz CT molecular complexity index is 522. The molecular formula is C13H19BrN2O2S. The maximum atomic E-state index is 12.5. The molecule has 0 atom stereocenters. The second-order valence-electron chi connectivity index (χ2n) is 5.04. The fourth-order valence-corrected chi connectivity index (χ4v) is 4.11. The minimum absolute atomic E-state index is 0.0634. The van der Waals surface area contributed by atoms with Crippen molar-refractivity contribution >= 4 is 26.0 Å². The Morgan fingerprint density at radius 1 is 1.16 bits per heavy atom. The molecule has 0 aliphatic heterocycles. The minimum Gasteiger partial charge on any atom is -0.328 e. The third-order valence-corrected chi connectivity index (χ3v) is 6.20. The van der Waals surface area contributed by atoms with Crippen molar-refractivity contribution < 1.29 is 8.42 Å². The van der Waals surface area contributed by atoms with E-state index in [0.717, 1.165) is 30.2 Å². The summed E-state index contributed by atoms with van der Waals surface area (Å²) in [5, 5.41) is 0. The van der Waals surface area contributed by atoms with E-state index in [2.05, 4.69) is 15.9 Å². The van der Waals surface area contributed by atoms with E-state index in [9.17, 15) is 8.42 Å². The summed E-state index contributed by atoms with van der Waals surface area (Å²) in [5.41, 5.74) is 5.86. The van der Waals surface area contributed by atoms with Gasteiger partial charge in [0.15, 0.2) is 0 Å². The van der Waals surface area contributed by atoms with E-state index >= 15 is 0 Å². The molecule has 0 heterocycles. The van der Waals surface area contributed by atoms with E-state index in [1.807, 2.05) is 0 Å². The Morgan fingerprint density at radius 3 is 2.21 bits per heavy atom. The molecule has 1 aliphatic rings. The van der Waals surface area contributed by atoms with Crippen LogP contribution in [0.5, 0.6) is 0 Å². The predicted molar refractivity (Wildman–Crippen MR) is 79.3 cm³/mol. The van der Waals surface area contributed by atoms with Gasteiger partial charge in [0.25, 0.3) is 0 Å². The van der Waals surface area contributed by atoms with Crippen LogP contribution in [0.25, 0.3) is 0 Å². The van der Waals surface area contributed by atoms with Crippen LogP contribution in [0.1, 0.15) is 25.7 Å². The summed E-state index contributed by atoms with van der Waals surface area (Å²) in [7, 11) is -1.74. The first kappa shape index (κ1) is 15.0. The van der Waals surface area contributed by atoms with E-state index < -0.39 is 10.0 Å². The zero-order valence-electron chi connectivity index (χ0n) is 10.9. The van der Waals surface area contributed by atoms with Gasteiger partial charge in [-0.2, -0.15) is 4.31 Å². The van der Waals surface area contributed by atoms with Crippen molar-refractivity contribution in [2.45, 2.75) is 42.7 Å². The van der Waals surface area contributed by atoms with Gasteiger partial charge in [-0.1, -0.05) is 15.9 Å². The predicted octanol–water partition coefficient (Wildman–Crippen LogP) is 2.34. The summed E-state index contributed by atoms with van der Waals surface area (Å²) in [6.07, 6.45) is 3.47. The van der Waals surface area contributed by atoms with Gasteiger partial charge < -0.3 is 5.73 Å². The lowest BCUT2D eigenvalue weighted by molar-refractivity contribution is 0.268. The fraction of sp³-hybridized carbons (Fsp3) is 0.538. The largest absolute Gasteiger partial charge is 0.328 e. The highest BCUT2D eigenvalue weighted by Crippen LogP contribution is 2.26. The second-order valence-corrected chi connectivity index (χ2v) is 7.96. The first-order valence-corrected chi connectivity index (χ1v) is 8.64. The van der Waals surface area contributed by atoms with Gasteiger partial charge in [0.05, 0.1) is 4.90 Å². The fourth-order valence-electron chi connectivity index (χ4n) is 2.43. The molecule has 0 spiro atoms. The highest BCUT2D eigenvalue weighted by molar-refractivity contribution is 9.10. The molecule has 0 saturated heterocycles. The molecule has 0 radical (unpaired) electrons. The summed E-state index contributed by atoms with van der Waals surface area (Å²) in [6, 6.07) is 7.04. The lowest BCUT2D eigenvalue weighted by Gasteiger charge is -2.32. The van der Waals surface area contributed by atoms with Crippen molar-refractivity contribution in [2.75, 3.05) is 7.05 Å². The zero-order valence-corrected chi connectivity index (χ0v) is 13.3. The molecule has 1 saturated carbocycles. The van der Waals surface area contributed by atoms with Crippen molar-refractivity contribution in [3.63, 3.8) is 0 Å². The molecule has 2 rings (SSSR count). The number of nitrogens with zero attached hydrogens (tertiary/aromatic N) is 1. The van der Waals surface area contributed by atoms with E-state index in [0.29, 0.717) is 4.90 Å². The van der Waals surface area contributed by atoms with Gasteiger partial charge in [0.1, 0.15) is 0 Å². The van der Waals surface area contributed by atoms with Crippen LogP contribution in [-0.2, 0) is 10.0 Å². The van der Waals surface area contributed by atoms with Crippen molar-refractivity contribution in [1.29, 1.82) is 0 Å². The highest BCUT2D eigenvalue weighted by atomic mass is 79.9. The van der Waals surface area contributed by atoms with Crippen molar-refractivity contribution in [3.05, 3.63) is 28.7 Å². The number of sulfonamides is 1. The monoisotopic (exact) mass is 346 g/mol. The van der Waals surface area contributed by atoms with Gasteiger partial charge in [-0.15, -0.1) is 0 Å². The van der Waals surface area contributed by atoms with Crippen LogP contribution >= 0.6 is 15.9 Å². The third-order valence-electron chi connectivity index (χ3n) is 3.75. The molecular weight excluding hydrogens is 328 g/mol. The number of halogens is 1. The Labute approximate surface area is 123 Å². The molecule has 1 aromatic carbocycles. The van der Waals surface area contributed by atoms with Crippen LogP contribution in [0.3, 0.4) is 0 Å². The van der Waals surface area contributed by atoms with Crippen LogP contribution in [0.15, 0.2) is 33.6 Å². The van der Waals surface area contributed by atoms with Crippen LogP contribution in [0.2, 0.25) is 0 Å². The van der Waals surface area contributed by atoms with Gasteiger partial charge >= 0.3 is 0 Å². The van der Waals surface area contributed by atoms with E-state index in [-0.39, 0.29) is 12.1 Å². The first-order valence-electron chi connectivity index (χ1n) is 6.40. The Hall–Kier alpha value is -0.430. The van der Waals surface area contributed by atoms with Gasteiger partial charge in [-0.05, 0) is 49.9 Å². The van der Waals surface area contributed by atoms with Crippen molar-refractivity contribution in [2.24, 2.45) is 5.73 Å². The SMILES string of the molecule is CN(C1CCC(N)CC1)S(=O)(=O)c1ccc(Br)cc1. The first-order chi connectivity index (χ1) is 8.91. The number of hydrogen-bond donors (Lipinski definition) is 1. The maximum absolute atomic E-state index is 12.5. The molecule has 0 unspecified atom stereocenters. The molecule has 1 aromatic rings. The van der Waals surface area contributed by atoms with Gasteiger partial charge in [0, 0.05) is 23.6 Å². The van der Waals surface area contributed by atoms with Gasteiger partial charge in [-0.25, -0.2) is 8.42 Å². The van der Waals surface area contributed by atoms with E-state index in [1.54, 1.807) is 31.3 Å². The lowest BCUT2D eigenvalue weighted by Crippen LogP contribution is -2.41. The molecule has 6 heteroatoms. The molecule has 19 heavy (non-hydrogen) atoms. The lowest BCUT2D eigenvalue weighted by atomic mass is 9.92. The summed E-state index contributed by atoms with van der Waals surface area (Å²) >= 11 is 3.31. The smallest absolute Gasteiger partial charge is 0.243 e. The number of rotatable bonds is 3. The molecule has 1 fully saturated rings. The number of nitrogens with two attached hydrogens (primary N) is 1. The Balaban J connectivity index is 2.17. The molecule has 0 bridgehead atoms.